The van der Waals surface area contributed by atoms with Crippen LogP contribution in [0.15, 0.2) is 42.5 Å². The number of alkyl halides is 3. The van der Waals surface area contributed by atoms with Crippen molar-refractivity contribution in [3.8, 4) is 0 Å². The van der Waals surface area contributed by atoms with Gasteiger partial charge in [-0.05, 0) is 73.1 Å². The van der Waals surface area contributed by atoms with Crippen LogP contribution >= 0.6 is 0 Å². The van der Waals surface area contributed by atoms with E-state index < -0.39 is 17.7 Å². The number of hydrogen-bond acceptors (Lipinski definition) is 3. The van der Waals surface area contributed by atoms with Crippen LogP contribution in [-0.4, -0.2) is 20.6 Å². The molecule has 1 fully saturated rings. The summed E-state index contributed by atoms with van der Waals surface area (Å²) in [6.45, 7) is 6.69. The zero-order valence-corrected chi connectivity index (χ0v) is 18.2. The van der Waals surface area contributed by atoms with Gasteiger partial charge in [0.25, 0.3) is 0 Å². The number of benzene rings is 2. The summed E-state index contributed by atoms with van der Waals surface area (Å²) in [5.41, 5.74) is 1.38. The van der Waals surface area contributed by atoms with Crippen molar-refractivity contribution in [1.29, 1.82) is 0 Å². The highest BCUT2D eigenvalue weighted by molar-refractivity contribution is 5.93. The Bertz CT molecular complexity index is 1150. The second-order valence-corrected chi connectivity index (χ2v) is 9.58. The number of anilines is 2. The van der Waals surface area contributed by atoms with Gasteiger partial charge in [-0.25, -0.2) is 9.78 Å². The molecule has 0 aliphatic heterocycles. The average Bonchev–Trinajstić information content (AvgIpc) is 3.03. The molecule has 3 aromatic rings. The van der Waals surface area contributed by atoms with Gasteiger partial charge in [0.05, 0.1) is 22.2 Å². The van der Waals surface area contributed by atoms with E-state index in [1.807, 2.05) is 0 Å². The first-order valence-corrected chi connectivity index (χ1v) is 10.6. The summed E-state index contributed by atoms with van der Waals surface area (Å²) in [6.07, 6.45) is -1.42. The number of nitrogens with zero attached hydrogens (tertiary/aromatic N) is 2. The molecule has 1 aromatic heterocycles. The minimum absolute atomic E-state index is 0.131. The normalized spacial score (nSPS) is 20.9. The number of imidazole rings is 1. The van der Waals surface area contributed by atoms with E-state index >= 15 is 0 Å². The maximum atomic E-state index is 12.9. The maximum Gasteiger partial charge on any atom is 0.416 e. The summed E-state index contributed by atoms with van der Waals surface area (Å²) >= 11 is 0. The molecule has 1 aliphatic carbocycles. The minimum Gasteiger partial charge on any atom is -0.478 e. The fourth-order valence-electron chi connectivity index (χ4n) is 5.05. The highest BCUT2D eigenvalue weighted by atomic mass is 19.4. The third-order valence-electron chi connectivity index (χ3n) is 6.13. The summed E-state index contributed by atoms with van der Waals surface area (Å²) < 4.78 is 40.8. The van der Waals surface area contributed by atoms with Crippen LogP contribution in [-0.2, 0) is 6.18 Å². The lowest BCUT2D eigenvalue weighted by Gasteiger charge is -2.40. The van der Waals surface area contributed by atoms with Crippen LogP contribution < -0.4 is 5.32 Å². The van der Waals surface area contributed by atoms with E-state index in [0.29, 0.717) is 23.1 Å². The third kappa shape index (κ3) is 4.45. The Balaban J connectivity index is 1.78. The van der Waals surface area contributed by atoms with Gasteiger partial charge < -0.3 is 15.0 Å². The highest BCUT2D eigenvalue weighted by Crippen LogP contribution is 2.46. The summed E-state index contributed by atoms with van der Waals surface area (Å²) in [5, 5.41) is 12.5. The van der Waals surface area contributed by atoms with Crippen LogP contribution in [0.25, 0.3) is 11.0 Å². The number of nitrogens with one attached hydrogen (secondary N) is 1. The molecule has 1 aliphatic rings. The standard InChI is InChI=1S/C24H26F3N3O2/c1-14-10-18(13-23(2,3)12-14)30-20-9-4-15(21(31)32)11-19(20)29-22(30)28-17-7-5-16(6-8-17)24(25,26)27/h4-9,11,14,18H,10,12-13H2,1-3H3,(H,28,29)(H,31,32). The van der Waals surface area contributed by atoms with Gasteiger partial charge in [0, 0.05) is 11.7 Å². The number of carbonyl (C=O) groups is 1. The van der Waals surface area contributed by atoms with Crippen molar-refractivity contribution in [3.63, 3.8) is 0 Å². The number of halogens is 3. The highest BCUT2D eigenvalue weighted by Gasteiger charge is 2.35. The summed E-state index contributed by atoms with van der Waals surface area (Å²) in [5.74, 6) is -0.0401. The number of fused-ring (bicyclic) bond motifs is 1. The van der Waals surface area contributed by atoms with Gasteiger partial charge in [-0.3, -0.25) is 0 Å². The molecule has 0 radical (unpaired) electrons. The second-order valence-electron chi connectivity index (χ2n) is 9.58. The van der Waals surface area contributed by atoms with E-state index in [1.54, 1.807) is 12.1 Å². The number of aromatic carboxylic acids is 1. The molecular formula is C24H26F3N3O2. The zero-order chi connectivity index (χ0) is 23.3. The number of rotatable bonds is 4. The minimum atomic E-state index is -4.40. The van der Waals surface area contributed by atoms with Gasteiger partial charge in [-0.2, -0.15) is 13.2 Å². The second kappa shape index (κ2) is 7.83. The Kier molecular flexibility index (Phi) is 5.43. The molecule has 5 nitrogen and oxygen atoms in total. The van der Waals surface area contributed by atoms with E-state index in [9.17, 15) is 23.1 Å². The summed E-state index contributed by atoms with van der Waals surface area (Å²) in [4.78, 5) is 16.1. The first kappa shape index (κ1) is 22.2. The zero-order valence-electron chi connectivity index (χ0n) is 18.2. The van der Waals surface area contributed by atoms with Crippen molar-refractivity contribution in [3.05, 3.63) is 53.6 Å². The Hall–Kier alpha value is -3.03. The fraction of sp³-hybridized carbons (Fsp3) is 0.417. The van der Waals surface area contributed by atoms with Gasteiger partial charge in [0.2, 0.25) is 5.95 Å². The third-order valence-corrected chi connectivity index (χ3v) is 6.13. The average molecular weight is 445 g/mol. The van der Waals surface area contributed by atoms with Gasteiger partial charge in [-0.1, -0.05) is 20.8 Å². The van der Waals surface area contributed by atoms with Gasteiger partial charge >= 0.3 is 12.1 Å². The van der Waals surface area contributed by atoms with E-state index in [2.05, 4.69) is 35.6 Å². The molecule has 0 spiro atoms. The lowest BCUT2D eigenvalue weighted by molar-refractivity contribution is -0.137. The Morgan fingerprint density at radius 2 is 1.84 bits per heavy atom. The molecule has 8 heteroatoms. The smallest absolute Gasteiger partial charge is 0.416 e. The monoisotopic (exact) mass is 445 g/mol. The first-order valence-electron chi connectivity index (χ1n) is 10.6. The quantitative estimate of drug-likeness (QED) is 0.459. The number of carboxylic acid groups (broad SMARTS) is 1. The van der Waals surface area contributed by atoms with Crippen molar-refractivity contribution in [2.75, 3.05) is 5.32 Å². The SMILES string of the molecule is CC1CC(n2c(Nc3ccc(C(F)(F)F)cc3)nc3cc(C(=O)O)ccc32)CC(C)(C)C1. The van der Waals surface area contributed by atoms with E-state index in [0.717, 1.165) is 36.9 Å². The molecule has 1 heterocycles. The van der Waals surface area contributed by atoms with E-state index in [-0.39, 0.29) is 17.0 Å². The van der Waals surface area contributed by atoms with Gasteiger partial charge in [0.15, 0.2) is 0 Å². The molecule has 4 rings (SSSR count). The number of aromatic nitrogens is 2. The lowest BCUT2D eigenvalue weighted by Crippen LogP contribution is -2.29. The molecule has 2 N–H and O–H groups in total. The molecule has 170 valence electrons. The topological polar surface area (TPSA) is 67.2 Å². The summed E-state index contributed by atoms with van der Waals surface area (Å²) in [6, 6.07) is 9.80. The largest absolute Gasteiger partial charge is 0.478 e. The molecule has 0 saturated heterocycles. The summed E-state index contributed by atoms with van der Waals surface area (Å²) in [7, 11) is 0. The lowest BCUT2D eigenvalue weighted by atomic mass is 9.70. The number of hydrogen-bond donors (Lipinski definition) is 2. The van der Waals surface area contributed by atoms with Crippen molar-refractivity contribution in [2.24, 2.45) is 11.3 Å². The van der Waals surface area contributed by atoms with Crippen molar-refractivity contribution < 1.29 is 23.1 Å². The maximum absolute atomic E-state index is 12.9. The van der Waals surface area contributed by atoms with Gasteiger partial charge in [0.1, 0.15) is 0 Å². The molecule has 1 saturated carbocycles. The molecule has 2 aromatic carbocycles. The van der Waals surface area contributed by atoms with Crippen LogP contribution in [0.4, 0.5) is 24.8 Å². The number of carboxylic acids is 1. The van der Waals surface area contributed by atoms with Crippen LogP contribution in [0.2, 0.25) is 0 Å². The van der Waals surface area contributed by atoms with Crippen molar-refractivity contribution >= 4 is 28.6 Å². The fourth-order valence-corrected chi connectivity index (χ4v) is 5.05. The predicted octanol–water partition coefficient (Wildman–Crippen LogP) is 6.88. The van der Waals surface area contributed by atoms with Crippen LogP contribution in [0.5, 0.6) is 0 Å². The molecular weight excluding hydrogens is 419 g/mol. The first-order chi connectivity index (χ1) is 14.9. The molecule has 0 amide bonds. The van der Waals surface area contributed by atoms with Gasteiger partial charge in [-0.15, -0.1) is 0 Å². The van der Waals surface area contributed by atoms with E-state index in [1.165, 1.54) is 18.2 Å². The van der Waals surface area contributed by atoms with Crippen LogP contribution in [0.3, 0.4) is 0 Å². The van der Waals surface area contributed by atoms with E-state index in [4.69, 9.17) is 0 Å². The molecule has 32 heavy (non-hydrogen) atoms. The Labute approximate surface area is 184 Å². The Morgan fingerprint density at radius 3 is 2.44 bits per heavy atom. The van der Waals surface area contributed by atoms with Crippen LogP contribution in [0.1, 0.15) is 62.0 Å². The molecule has 0 bridgehead atoms. The molecule has 2 atom stereocenters. The molecule has 2 unspecified atom stereocenters. The predicted molar refractivity (Wildman–Crippen MR) is 117 cm³/mol. The van der Waals surface area contributed by atoms with Crippen molar-refractivity contribution in [1.82, 2.24) is 9.55 Å². The van der Waals surface area contributed by atoms with Crippen LogP contribution in [0, 0.1) is 11.3 Å². The van der Waals surface area contributed by atoms with Crippen molar-refractivity contribution in [2.45, 2.75) is 52.3 Å². The Morgan fingerprint density at radius 1 is 1.16 bits per heavy atom.